The summed E-state index contributed by atoms with van der Waals surface area (Å²) in [5.74, 6) is 0.913. The number of pyridine rings is 1. The summed E-state index contributed by atoms with van der Waals surface area (Å²) in [5.41, 5.74) is 1.31. The highest BCUT2D eigenvalue weighted by atomic mass is 79.9. The number of nitrogens with zero attached hydrogens (tertiary/aromatic N) is 3. The van der Waals surface area contributed by atoms with E-state index in [-0.39, 0.29) is 11.9 Å². The molecule has 0 amide bonds. The molecule has 1 aliphatic rings. The van der Waals surface area contributed by atoms with E-state index in [4.69, 9.17) is 4.74 Å². The lowest BCUT2D eigenvalue weighted by Gasteiger charge is -2.35. The maximum absolute atomic E-state index is 11.9. The predicted molar refractivity (Wildman–Crippen MR) is 106 cm³/mol. The third kappa shape index (κ3) is 4.83. The van der Waals surface area contributed by atoms with Crippen molar-refractivity contribution >= 4 is 27.7 Å². The van der Waals surface area contributed by atoms with E-state index in [0.29, 0.717) is 5.75 Å². The summed E-state index contributed by atoms with van der Waals surface area (Å²) in [7, 11) is 0. The molecule has 1 saturated heterocycles. The molecule has 2 aromatic rings. The molecule has 0 radical (unpaired) electrons. The van der Waals surface area contributed by atoms with Crippen LogP contribution in [0.5, 0.6) is 5.75 Å². The predicted octanol–water partition coefficient (Wildman–Crippen LogP) is 3.73. The number of aromatic nitrogens is 1. The van der Waals surface area contributed by atoms with E-state index in [1.54, 1.807) is 12.3 Å². The molecule has 0 N–H and O–H groups in total. The molecule has 0 unspecified atom stereocenters. The molecule has 3 rings (SSSR count). The van der Waals surface area contributed by atoms with E-state index in [0.717, 1.165) is 43.0 Å². The Bertz CT molecular complexity index is 741. The number of benzene rings is 1. The van der Waals surface area contributed by atoms with Crippen molar-refractivity contribution in [3.05, 3.63) is 52.6 Å². The third-order valence-corrected chi connectivity index (χ3v) is 4.95. The summed E-state index contributed by atoms with van der Waals surface area (Å²) in [4.78, 5) is 21.0. The van der Waals surface area contributed by atoms with Gasteiger partial charge in [-0.05, 0) is 29.8 Å². The minimum atomic E-state index is -0.229. The van der Waals surface area contributed by atoms with Gasteiger partial charge < -0.3 is 9.64 Å². The van der Waals surface area contributed by atoms with Gasteiger partial charge in [0.25, 0.3) is 0 Å². The number of hydrogen-bond acceptors (Lipinski definition) is 5. The molecule has 6 heteroatoms. The number of rotatable bonds is 5. The van der Waals surface area contributed by atoms with Crippen LogP contribution < -0.4 is 9.64 Å². The summed E-state index contributed by atoms with van der Waals surface area (Å²) in [6, 6.07) is 12.1. The van der Waals surface area contributed by atoms with Gasteiger partial charge in [0.2, 0.25) is 0 Å². The Morgan fingerprint density at radius 3 is 2.50 bits per heavy atom. The highest BCUT2D eigenvalue weighted by molar-refractivity contribution is 9.10. The van der Waals surface area contributed by atoms with Crippen molar-refractivity contribution in [3.8, 4) is 5.75 Å². The van der Waals surface area contributed by atoms with Crippen LogP contribution in [0.15, 0.2) is 47.1 Å². The minimum absolute atomic E-state index is 0.161. The summed E-state index contributed by atoms with van der Waals surface area (Å²) < 4.78 is 6.63. The van der Waals surface area contributed by atoms with Gasteiger partial charge in [-0.3, -0.25) is 9.69 Å². The summed E-state index contributed by atoms with van der Waals surface area (Å²) >= 11 is 3.47. The van der Waals surface area contributed by atoms with Gasteiger partial charge in [0, 0.05) is 43.4 Å². The molecule has 1 fully saturated rings. The lowest BCUT2D eigenvalue weighted by Crippen LogP contribution is -2.46. The van der Waals surface area contributed by atoms with Crippen LogP contribution in [0.4, 0.5) is 5.82 Å². The average molecular weight is 418 g/mol. The van der Waals surface area contributed by atoms with Crippen LogP contribution in [0, 0.1) is 5.92 Å². The zero-order valence-corrected chi connectivity index (χ0v) is 16.8. The summed E-state index contributed by atoms with van der Waals surface area (Å²) in [6.45, 7) is 8.23. The number of piperazine rings is 1. The quantitative estimate of drug-likeness (QED) is 0.693. The van der Waals surface area contributed by atoms with Crippen molar-refractivity contribution < 1.29 is 9.53 Å². The Kier molecular flexibility index (Phi) is 6.27. The first-order chi connectivity index (χ1) is 12.5. The Hall–Kier alpha value is -1.92. The van der Waals surface area contributed by atoms with Gasteiger partial charge in [0.05, 0.1) is 5.92 Å². The largest absolute Gasteiger partial charge is 0.422 e. The van der Waals surface area contributed by atoms with Crippen molar-refractivity contribution in [2.24, 2.45) is 5.92 Å². The first-order valence-electron chi connectivity index (χ1n) is 8.91. The molecule has 0 spiro atoms. The van der Waals surface area contributed by atoms with Gasteiger partial charge in [-0.2, -0.15) is 0 Å². The van der Waals surface area contributed by atoms with Gasteiger partial charge in [-0.1, -0.05) is 41.9 Å². The van der Waals surface area contributed by atoms with Crippen LogP contribution in [0.1, 0.15) is 19.4 Å². The van der Waals surface area contributed by atoms with Crippen molar-refractivity contribution in [2.45, 2.75) is 20.4 Å². The molecule has 5 nitrogen and oxygen atoms in total. The molecule has 26 heavy (non-hydrogen) atoms. The minimum Gasteiger partial charge on any atom is -0.422 e. The molecule has 1 aliphatic heterocycles. The van der Waals surface area contributed by atoms with Crippen LogP contribution >= 0.6 is 15.9 Å². The number of ether oxygens (including phenoxy) is 1. The second-order valence-corrected chi connectivity index (χ2v) is 7.71. The smallest absolute Gasteiger partial charge is 0.313 e. The number of hydrogen-bond donors (Lipinski definition) is 0. The van der Waals surface area contributed by atoms with Gasteiger partial charge >= 0.3 is 5.97 Å². The summed E-state index contributed by atoms with van der Waals surface area (Å²) in [6.07, 6.45) is 1.75. The van der Waals surface area contributed by atoms with Gasteiger partial charge in [0.15, 0.2) is 11.6 Å². The molecule has 138 valence electrons. The molecule has 0 atom stereocenters. The van der Waals surface area contributed by atoms with Crippen LogP contribution in [-0.2, 0) is 11.3 Å². The fourth-order valence-electron chi connectivity index (χ4n) is 2.89. The van der Waals surface area contributed by atoms with E-state index in [1.807, 2.05) is 19.9 Å². The Labute approximate surface area is 163 Å². The topological polar surface area (TPSA) is 45.7 Å². The zero-order valence-electron chi connectivity index (χ0n) is 15.2. The highest BCUT2D eigenvalue weighted by Crippen LogP contribution is 2.27. The van der Waals surface area contributed by atoms with Crippen molar-refractivity contribution in [2.75, 3.05) is 31.1 Å². The fourth-order valence-corrected chi connectivity index (χ4v) is 3.16. The first-order valence-corrected chi connectivity index (χ1v) is 9.70. The fraction of sp³-hybridized carbons (Fsp3) is 0.400. The molecule has 2 heterocycles. The van der Waals surface area contributed by atoms with Crippen LogP contribution in [0.25, 0.3) is 0 Å². The molecule has 0 bridgehead atoms. The Morgan fingerprint density at radius 1 is 1.15 bits per heavy atom. The van der Waals surface area contributed by atoms with Crippen LogP contribution in [0.2, 0.25) is 0 Å². The normalized spacial score (nSPS) is 15.3. The summed E-state index contributed by atoms with van der Waals surface area (Å²) in [5, 5.41) is 0. The molecule has 1 aromatic heterocycles. The van der Waals surface area contributed by atoms with Gasteiger partial charge in [0.1, 0.15) is 0 Å². The van der Waals surface area contributed by atoms with Gasteiger partial charge in [-0.15, -0.1) is 0 Å². The number of esters is 1. The Morgan fingerprint density at radius 2 is 1.85 bits per heavy atom. The standard InChI is InChI=1S/C20H24BrN3O2/c1-15(2)20(25)26-18-4-3-9-22-19(18)24-12-10-23(11-13-24)14-16-5-7-17(21)8-6-16/h3-9,15H,10-14H2,1-2H3. The first kappa shape index (κ1) is 18.9. The number of anilines is 1. The lowest BCUT2D eigenvalue weighted by atomic mass is 10.2. The van der Waals surface area contributed by atoms with Crippen LogP contribution in [0.3, 0.4) is 0 Å². The van der Waals surface area contributed by atoms with Gasteiger partial charge in [-0.25, -0.2) is 4.98 Å². The average Bonchev–Trinajstić information content (AvgIpc) is 2.65. The molecular formula is C20H24BrN3O2. The number of halogens is 1. The number of carbonyl (C=O) groups excluding carboxylic acids is 1. The third-order valence-electron chi connectivity index (χ3n) is 4.42. The van der Waals surface area contributed by atoms with E-state index in [2.05, 4.69) is 55.0 Å². The Balaban J connectivity index is 1.61. The van der Waals surface area contributed by atoms with Crippen molar-refractivity contribution in [1.82, 2.24) is 9.88 Å². The van der Waals surface area contributed by atoms with Crippen molar-refractivity contribution in [1.29, 1.82) is 0 Å². The second-order valence-electron chi connectivity index (χ2n) is 6.79. The maximum Gasteiger partial charge on any atom is 0.313 e. The molecule has 0 aliphatic carbocycles. The van der Waals surface area contributed by atoms with Crippen molar-refractivity contribution in [3.63, 3.8) is 0 Å². The molecule has 1 aromatic carbocycles. The SMILES string of the molecule is CC(C)C(=O)Oc1cccnc1N1CCN(Cc2ccc(Br)cc2)CC1. The second kappa shape index (κ2) is 8.64. The van der Waals surface area contributed by atoms with E-state index < -0.39 is 0 Å². The zero-order chi connectivity index (χ0) is 18.5. The van der Waals surface area contributed by atoms with E-state index in [1.165, 1.54) is 5.56 Å². The monoisotopic (exact) mass is 417 g/mol. The number of carbonyl (C=O) groups is 1. The highest BCUT2D eigenvalue weighted by Gasteiger charge is 2.22. The lowest BCUT2D eigenvalue weighted by molar-refractivity contribution is -0.137. The molecule has 0 saturated carbocycles. The van der Waals surface area contributed by atoms with E-state index in [9.17, 15) is 4.79 Å². The van der Waals surface area contributed by atoms with Crippen LogP contribution in [-0.4, -0.2) is 42.0 Å². The maximum atomic E-state index is 11.9. The molecular weight excluding hydrogens is 394 g/mol. The van der Waals surface area contributed by atoms with E-state index >= 15 is 0 Å².